The molecule has 0 saturated heterocycles. The Morgan fingerprint density at radius 2 is 1.97 bits per heavy atom. The number of methoxy groups -OCH3 is 1. The van der Waals surface area contributed by atoms with E-state index in [0.717, 1.165) is 11.8 Å². The Labute approximate surface area is 203 Å². The van der Waals surface area contributed by atoms with Crippen LogP contribution in [-0.4, -0.2) is 41.4 Å². The van der Waals surface area contributed by atoms with Crippen molar-refractivity contribution in [2.45, 2.75) is 38.4 Å². The standard InChI is InChI=1S/C24H21F4N7O/c1-14-12-34(13-30-14)22-23(36-2)31-16(11-29-22)6-8-20-32-21-18(4-3-9-35(21)33-20)17-7-5-15(25)10-19(17)24(26,27)28/h5-8,10-13,18H,3-4,9H2,1-2H3/b8-6+/t18-/m1/s1. The van der Waals surface area contributed by atoms with Crippen LogP contribution >= 0.6 is 0 Å². The van der Waals surface area contributed by atoms with E-state index in [2.05, 4.69) is 25.0 Å². The number of hydrogen-bond acceptors (Lipinski definition) is 6. The van der Waals surface area contributed by atoms with E-state index in [1.807, 2.05) is 6.92 Å². The summed E-state index contributed by atoms with van der Waals surface area (Å²) in [4.78, 5) is 17.5. The van der Waals surface area contributed by atoms with Gasteiger partial charge in [0.15, 0.2) is 5.82 Å². The molecule has 186 valence electrons. The number of fused-ring (bicyclic) bond motifs is 1. The van der Waals surface area contributed by atoms with Gasteiger partial charge < -0.3 is 4.74 Å². The predicted octanol–water partition coefficient (Wildman–Crippen LogP) is 4.82. The van der Waals surface area contributed by atoms with Gasteiger partial charge in [-0.25, -0.2) is 29.0 Å². The van der Waals surface area contributed by atoms with Crippen LogP contribution in [0.1, 0.15) is 52.9 Å². The molecule has 0 saturated carbocycles. The third kappa shape index (κ3) is 4.58. The lowest BCUT2D eigenvalue weighted by Crippen LogP contribution is -2.21. The number of aromatic nitrogens is 7. The third-order valence-electron chi connectivity index (χ3n) is 5.88. The number of halogens is 4. The smallest absolute Gasteiger partial charge is 0.416 e. The minimum atomic E-state index is -4.68. The van der Waals surface area contributed by atoms with Gasteiger partial charge in [0.25, 0.3) is 5.88 Å². The van der Waals surface area contributed by atoms with Crippen LogP contribution < -0.4 is 4.74 Å². The van der Waals surface area contributed by atoms with Crippen LogP contribution in [0, 0.1) is 12.7 Å². The lowest BCUT2D eigenvalue weighted by atomic mass is 9.87. The van der Waals surface area contributed by atoms with Gasteiger partial charge in [0.1, 0.15) is 18.0 Å². The van der Waals surface area contributed by atoms with E-state index < -0.39 is 23.5 Å². The third-order valence-corrected chi connectivity index (χ3v) is 5.88. The number of hydrogen-bond donors (Lipinski definition) is 0. The molecule has 36 heavy (non-hydrogen) atoms. The fourth-order valence-electron chi connectivity index (χ4n) is 4.28. The number of imidazole rings is 1. The molecule has 4 aromatic rings. The zero-order chi connectivity index (χ0) is 25.4. The Hall–Kier alpha value is -4.09. The van der Waals surface area contributed by atoms with Crippen LogP contribution in [0.3, 0.4) is 0 Å². The van der Waals surface area contributed by atoms with Crippen molar-refractivity contribution in [3.8, 4) is 11.7 Å². The first-order valence-corrected chi connectivity index (χ1v) is 11.1. The number of aryl methyl sites for hydroxylation is 2. The van der Waals surface area contributed by atoms with Gasteiger partial charge >= 0.3 is 6.18 Å². The fraction of sp³-hybridized carbons (Fsp3) is 0.292. The Balaban J connectivity index is 1.44. The Kier molecular flexibility index (Phi) is 6.02. The van der Waals surface area contributed by atoms with E-state index >= 15 is 0 Å². The zero-order valence-electron chi connectivity index (χ0n) is 19.4. The monoisotopic (exact) mass is 499 g/mol. The van der Waals surface area contributed by atoms with Crippen molar-refractivity contribution < 1.29 is 22.3 Å². The van der Waals surface area contributed by atoms with E-state index in [-0.39, 0.29) is 5.56 Å². The molecule has 8 nitrogen and oxygen atoms in total. The maximum Gasteiger partial charge on any atom is 0.416 e. The van der Waals surface area contributed by atoms with Crippen molar-refractivity contribution in [1.82, 2.24) is 34.3 Å². The van der Waals surface area contributed by atoms with Gasteiger partial charge in [-0.15, -0.1) is 0 Å². The zero-order valence-corrected chi connectivity index (χ0v) is 19.4. The fourth-order valence-corrected chi connectivity index (χ4v) is 4.28. The molecule has 1 atom stereocenters. The number of rotatable bonds is 5. The molecule has 1 aromatic carbocycles. The van der Waals surface area contributed by atoms with E-state index in [1.165, 1.54) is 13.2 Å². The highest BCUT2D eigenvalue weighted by molar-refractivity contribution is 5.64. The summed E-state index contributed by atoms with van der Waals surface area (Å²) in [5.74, 6) is -0.0765. The van der Waals surface area contributed by atoms with Gasteiger partial charge in [-0.2, -0.15) is 18.3 Å². The Bertz CT molecular complexity index is 1440. The van der Waals surface area contributed by atoms with Crippen molar-refractivity contribution in [2.24, 2.45) is 0 Å². The van der Waals surface area contributed by atoms with Crippen molar-refractivity contribution >= 4 is 12.2 Å². The summed E-state index contributed by atoms with van der Waals surface area (Å²) in [6.45, 7) is 2.39. The summed E-state index contributed by atoms with van der Waals surface area (Å²) in [6.07, 6.45) is 4.61. The molecule has 0 amide bonds. The number of alkyl halides is 3. The minimum Gasteiger partial charge on any atom is -0.478 e. The molecular formula is C24H21F4N7O. The van der Waals surface area contributed by atoms with E-state index in [9.17, 15) is 17.6 Å². The molecule has 0 N–H and O–H groups in total. The summed E-state index contributed by atoms with van der Waals surface area (Å²) in [6, 6.07) is 2.77. The highest BCUT2D eigenvalue weighted by atomic mass is 19.4. The van der Waals surface area contributed by atoms with Crippen LogP contribution in [0.5, 0.6) is 5.88 Å². The maximum atomic E-state index is 13.6. The molecule has 12 heteroatoms. The molecule has 0 fully saturated rings. The lowest BCUT2D eigenvalue weighted by molar-refractivity contribution is -0.138. The average Bonchev–Trinajstić information content (AvgIpc) is 3.47. The van der Waals surface area contributed by atoms with Crippen molar-refractivity contribution in [1.29, 1.82) is 0 Å². The predicted molar refractivity (Wildman–Crippen MR) is 122 cm³/mol. The Morgan fingerprint density at radius 3 is 2.69 bits per heavy atom. The second kappa shape index (κ2) is 9.17. The average molecular weight is 499 g/mol. The van der Waals surface area contributed by atoms with Gasteiger partial charge in [-0.1, -0.05) is 6.07 Å². The topological polar surface area (TPSA) is 83.5 Å². The lowest BCUT2D eigenvalue weighted by Gasteiger charge is -2.25. The Morgan fingerprint density at radius 1 is 1.14 bits per heavy atom. The molecule has 5 rings (SSSR count). The first-order valence-electron chi connectivity index (χ1n) is 11.1. The second-order valence-electron chi connectivity index (χ2n) is 8.36. The van der Waals surface area contributed by atoms with Gasteiger partial charge in [0.2, 0.25) is 5.82 Å². The minimum absolute atomic E-state index is 0.00582. The van der Waals surface area contributed by atoms with Crippen molar-refractivity contribution in [2.75, 3.05) is 7.11 Å². The molecule has 1 aliphatic rings. The summed E-state index contributed by atoms with van der Waals surface area (Å²) in [5, 5.41) is 4.43. The largest absolute Gasteiger partial charge is 0.478 e. The summed E-state index contributed by atoms with van der Waals surface area (Å²) in [5.41, 5.74) is 0.305. The molecule has 1 aliphatic heterocycles. The van der Waals surface area contributed by atoms with Crippen molar-refractivity contribution in [3.63, 3.8) is 0 Å². The van der Waals surface area contributed by atoms with Gasteiger partial charge in [0.05, 0.1) is 30.3 Å². The first kappa shape index (κ1) is 23.6. The number of benzene rings is 1. The summed E-state index contributed by atoms with van der Waals surface area (Å²) in [7, 11) is 1.49. The molecule has 0 aliphatic carbocycles. The second-order valence-corrected chi connectivity index (χ2v) is 8.36. The maximum absolute atomic E-state index is 13.6. The van der Waals surface area contributed by atoms with Crippen LogP contribution in [0.15, 0.2) is 36.9 Å². The van der Waals surface area contributed by atoms with Gasteiger partial charge in [0, 0.05) is 18.7 Å². The number of nitrogens with zero attached hydrogens (tertiary/aromatic N) is 7. The summed E-state index contributed by atoms with van der Waals surface area (Å²) >= 11 is 0. The van der Waals surface area contributed by atoms with Crippen LogP contribution in [0.25, 0.3) is 18.0 Å². The molecule has 3 aromatic heterocycles. The quantitative estimate of drug-likeness (QED) is 0.366. The number of ether oxygens (including phenoxy) is 1. The molecule has 0 unspecified atom stereocenters. The highest BCUT2D eigenvalue weighted by Crippen LogP contribution is 2.40. The van der Waals surface area contributed by atoms with Crippen LogP contribution in [0.2, 0.25) is 0 Å². The normalized spacial score (nSPS) is 15.9. The molecule has 0 radical (unpaired) electrons. The van der Waals surface area contributed by atoms with Crippen LogP contribution in [0.4, 0.5) is 17.6 Å². The van der Waals surface area contributed by atoms with Crippen LogP contribution in [-0.2, 0) is 12.7 Å². The molecular weight excluding hydrogens is 478 g/mol. The SMILES string of the molecule is COc1nc(/C=C/c2nc3n(n2)CCC[C@@H]3c2ccc(F)cc2C(F)(F)F)cnc1-n1cnc(C)c1. The highest BCUT2D eigenvalue weighted by Gasteiger charge is 2.38. The molecule has 4 heterocycles. The van der Waals surface area contributed by atoms with Gasteiger partial charge in [-0.05, 0) is 49.6 Å². The van der Waals surface area contributed by atoms with E-state index in [1.54, 1.807) is 40.1 Å². The first-order chi connectivity index (χ1) is 17.2. The molecule has 0 spiro atoms. The van der Waals surface area contributed by atoms with Gasteiger partial charge in [-0.3, -0.25) is 4.57 Å². The van der Waals surface area contributed by atoms with E-state index in [4.69, 9.17) is 4.74 Å². The summed E-state index contributed by atoms with van der Waals surface area (Å²) < 4.78 is 63.2. The van der Waals surface area contributed by atoms with Crippen molar-refractivity contribution in [3.05, 3.63) is 76.9 Å². The molecule has 0 bridgehead atoms. The van der Waals surface area contributed by atoms with E-state index in [0.29, 0.717) is 54.5 Å².